The smallest absolute Gasteiger partial charge is 0.252 e. The second-order valence-corrected chi connectivity index (χ2v) is 5.14. The highest BCUT2D eigenvalue weighted by Gasteiger charge is 2.43. The lowest BCUT2D eigenvalue weighted by molar-refractivity contribution is 0.0917. The molecule has 2 rings (SSSR count). The number of hydrogen-bond donors (Lipinski definition) is 1. The van der Waals surface area contributed by atoms with Crippen LogP contribution in [0.2, 0.25) is 0 Å². The highest BCUT2D eigenvalue weighted by molar-refractivity contribution is 6.17. The first-order valence-corrected chi connectivity index (χ1v) is 6.51. The number of rotatable bonds is 4. The summed E-state index contributed by atoms with van der Waals surface area (Å²) in [4.78, 5) is 12.1. The first kappa shape index (κ1) is 12.9. The third-order valence-corrected chi connectivity index (χ3v) is 3.65. The number of nitrogens with zero attached hydrogens (tertiary/aromatic N) is 1. The fourth-order valence-corrected chi connectivity index (χ4v) is 2.15. The van der Waals surface area contributed by atoms with Crippen molar-refractivity contribution in [1.82, 2.24) is 5.32 Å². The maximum absolute atomic E-state index is 12.1. The van der Waals surface area contributed by atoms with Crippen LogP contribution in [0.3, 0.4) is 0 Å². The van der Waals surface area contributed by atoms with Gasteiger partial charge in [-0.05, 0) is 43.4 Å². The monoisotopic (exact) mass is 262 g/mol. The van der Waals surface area contributed by atoms with E-state index in [4.69, 9.17) is 11.6 Å². The molecule has 1 atom stereocenters. The first-order chi connectivity index (χ1) is 8.59. The van der Waals surface area contributed by atoms with Crippen molar-refractivity contribution in [2.75, 3.05) is 0 Å². The molecular formula is C14H15ClN2O. The molecule has 1 saturated carbocycles. The van der Waals surface area contributed by atoms with Gasteiger partial charge in [-0.15, -0.1) is 11.6 Å². The van der Waals surface area contributed by atoms with Crippen LogP contribution in [0.1, 0.15) is 35.7 Å². The molecule has 4 heteroatoms. The highest BCUT2D eigenvalue weighted by atomic mass is 35.5. The second-order valence-electron chi connectivity index (χ2n) is 4.88. The van der Waals surface area contributed by atoms with Gasteiger partial charge in [0.25, 0.3) is 5.91 Å². The fourth-order valence-electron chi connectivity index (χ4n) is 1.99. The Labute approximate surface area is 112 Å². The van der Waals surface area contributed by atoms with E-state index in [0.29, 0.717) is 11.4 Å². The molecule has 0 aromatic heterocycles. The van der Waals surface area contributed by atoms with Crippen LogP contribution >= 0.6 is 11.6 Å². The van der Waals surface area contributed by atoms with Gasteiger partial charge in [-0.3, -0.25) is 4.79 Å². The number of hydrogen-bond acceptors (Lipinski definition) is 2. The van der Waals surface area contributed by atoms with Gasteiger partial charge in [-0.1, -0.05) is 12.1 Å². The van der Waals surface area contributed by atoms with E-state index in [2.05, 4.69) is 11.4 Å². The van der Waals surface area contributed by atoms with Crippen LogP contribution in [0.4, 0.5) is 0 Å². The van der Waals surface area contributed by atoms with Gasteiger partial charge in [0.2, 0.25) is 0 Å². The standard InChI is InChI=1S/C14H15ClN2O/c1-14(9-16,12-5-6-12)17-13(18)11-4-2-3-10(7-11)8-15/h2-4,7,12H,5-6,8H2,1H3,(H,17,18). The molecule has 1 fully saturated rings. The summed E-state index contributed by atoms with van der Waals surface area (Å²) in [6.45, 7) is 1.79. The van der Waals surface area contributed by atoms with Gasteiger partial charge in [0.05, 0.1) is 6.07 Å². The molecule has 1 N–H and O–H groups in total. The largest absolute Gasteiger partial charge is 0.334 e. The molecule has 0 radical (unpaired) electrons. The molecule has 1 aliphatic carbocycles. The van der Waals surface area contributed by atoms with Gasteiger partial charge in [0.1, 0.15) is 5.54 Å². The Hall–Kier alpha value is -1.53. The molecule has 94 valence electrons. The Morgan fingerprint density at radius 1 is 1.61 bits per heavy atom. The lowest BCUT2D eigenvalue weighted by Gasteiger charge is -2.22. The summed E-state index contributed by atoms with van der Waals surface area (Å²) in [5.41, 5.74) is 0.693. The predicted molar refractivity (Wildman–Crippen MR) is 70.2 cm³/mol. The van der Waals surface area contributed by atoms with Crippen LogP contribution in [0.5, 0.6) is 0 Å². The van der Waals surface area contributed by atoms with Crippen molar-refractivity contribution in [2.24, 2.45) is 5.92 Å². The third kappa shape index (κ3) is 2.65. The molecule has 1 aromatic carbocycles. The molecule has 0 aliphatic heterocycles. The number of alkyl halides is 1. The van der Waals surface area contributed by atoms with Gasteiger partial charge < -0.3 is 5.32 Å². The summed E-state index contributed by atoms with van der Waals surface area (Å²) in [5.74, 6) is 0.444. The molecule has 1 unspecified atom stereocenters. The lowest BCUT2D eigenvalue weighted by atomic mass is 9.97. The van der Waals surface area contributed by atoms with Crippen molar-refractivity contribution in [3.8, 4) is 6.07 Å². The van der Waals surface area contributed by atoms with E-state index in [9.17, 15) is 10.1 Å². The SMILES string of the molecule is CC(C#N)(NC(=O)c1cccc(CCl)c1)C1CC1. The average Bonchev–Trinajstić information content (AvgIpc) is 3.23. The van der Waals surface area contributed by atoms with Crippen molar-refractivity contribution < 1.29 is 4.79 Å². The predicted octanol–water partition coefficient (Wildman–Crippen LogP) is 2.85. The molecule has 0 bridgehead atoms. The summed E-state index contributed by atoms with van der Waals surface area (Å²) in [5, 5.41) is 12.0. The van der Waals surface area contributed by atoms with Crippen LogP contribution in [0.15, 0.2) is 24.3 Å². The maximum Gasteiger partial charge on any atom is 0.252 e. The minimum Gasteiger partial charge on any atom is -0.334 e. The Morgan fingerprint density at radius 3 is 2.89 bits per heavy atom. The molecule has 3 nitrogen and oxygen atoms in total. The summed E-state index contributed by atoms with van der Waals surface area (Å²) in [7, 11) is 0. The van der Waals surface area contributed by atoms with Gasteiger partial charge in [0.15, 0.2) is 0 Å². The molecule has 1 amide bonds. The van der Waals surface area contributed by atoms with Gasteiger partial charge in [-0.25, -0.2) is 0 Å². The molecule has 18 heavy (non-hydrogen) atoms. The van der Waals surface area contributed by atoms with E-state index >= 15 is 0 Å². The van der Waals surface area contributed by atoms with Crippen LogP contribution in [-0.4, -0.2) is 11.4 Å². The van der Waals surface area contributed by atoms with Crippen LogP contribution in [-0.2, 0) is 5.88 Å². The molecule has 0 heterocycles. The van der Waals surface area contributed by atoms with Crippen molar-refractivity contribution in [3.05, 3.63) is 35.4 Å². The van der Waals surface area contributed by atoms with E-state index in [1.165, 1.54) is 0 Å². The van der Waals surface area contributed by atoms with E-state index in [0.717, 1.165) is 18.4 Å². The van der Waals surface area contributed by atoms with Gasteiger partial charge in [-0.2, -0.15) is 5.26 Å². The lowest BCUT2D eigenvalue weighted by Crippen LogP contribution is -2.46. The Bertz CT molecular complexity index is 505. The number of nitriles is 1. The van der Waals surface area contributed by atoms with E-state index in [-0.39, 0.29) is 11.8 Å². The maximum atomic E-state index is 12.1. The second kappa shape index (κ2) is 4.99. The number of halogens is 1. The molecular weight excluding hydrogens is 248 g/mol. The minimum absolute atomic E-state index is 0.210. The summed E-state index contributed by atoms with van der Waals surface area (Å²) in [6.07, 6.45) is 2.01. The van der Waals surface area contributed by atoms with Crippen molar-refractivity contribution in [1.29, 1.82) is 5.26 Å². The van der Waals surface area contributed by atoms with Crippen molar-refractivity contribution >= 4 is 17.5 Å². The summed E-state index contributed by atoms with van der Waals surface area (Å²) in [6, 6.07) is 9.37. The van der Waals surface area contributed by atoms with E-state index < -0.39 is 5.54 Å². The zero-order valence-electron chi connectivity index (χ0n) is 10.2. The van der Waals surface area contributed by atoms with Crippen LogP contribution in [0.25, 0.3) is 0 Å². The van der Waals surface area contributed by atoms with Crippen molar-refractivity contribution in [3.63, 3.8) is 0 Å². The number of carbonyl (C=O) groups excluding carboxylic acids is 1. The van der Waals surface area contributed by atoms with E-state index in [1.807, 2.05) is 6.07 Å². The molecule has 0 saturated heterocycles. The van der Waals surface area contributed by atoms with Crippen LogP contribution in [0, 0.1) is 17.2 Å². The summed E-state index contributed by atoms with van der Waals surface area (Å²) < 4.78 is 0. The molecule has 1 aromatic rings. The van der Waals surface area contributed by atoms with Crippen molar-refractivity contribution in [2.45, 2.75) is 31.2 Å². The highest BCUT2D eigenvalue weighted by Crippen LogP contribution is 2.39. The Morgan fingerprint density at radius 2 is 2.33 bits per heavy atom. The minimum atomic E-state index is -0.756. The average molecular weight is 263 g/mol. The molecule has 1 aliphatic rings. The van der Waals surface area contributed by atoms with E-state index in [1.54, 1.807) is 25.1 Å². The zero-order valence-corrected chi connectivity index (χ0v) is 11.0. The van der Waals surface area contributed by atoms with Crippen LogP contribution < -0.4 is 5.32 Å². The fraction of sp³-hybridized carbons (Fsp3) is 0.429. The number of nitrogens with one attached hydrogen (secondary N) is 1. The Balaban J connectivity index is 2.14. The molecule has 0 spiro atoms. The Kier molecular flexibility index (Phi) is 3.58. The zero-order chi connectivity index (χ0) is 13.2. The van der Waals surface area contributed by atoms with Gasteiger partial charge in [0, 0.05) is 11.4 Å². The topological polar surface area (TPSA) is 52.9 Å². The number of carbonyl (C=O) groups is 1. The number of benzene rings is 1. The summed E-state index contributed by atoms with van der Waals surface area (Å²) >= 11 is 5.74. The quantitative estimate of drug-likeness (QED) is 0.849. The first-order valence-electron chi connectivity index (χ1n) is 5.98. The third-order valence-electron chi connectivity index (χ3n) is 3.34. The number of amides is 1. The normalized spacial score (nSPS) is 17.6. The van der Waals surface area contributed by atoms with Gasteiger partial charge >= 0.3 is 0 Å².